The summed E-state index contributed by atoms with van der Waals surface area (Å²) in [6, 6.07) is 10.4. The normalized spacial score (nSPS) is 12.0. The van der Waals surface area contributed by atoms with E-state index in [9.17, 15) is 26.4 Å². The molecule has 0 fully saturated rings. The quantitative estimate of drug-likeness (QED) is 0.668. The molecule has 0 bridgehead atoms. The molecule has 28 heavy (non-hydrogen) atoms. The minimum Gasteiger partial charge on any atom is -0.356 e. The van der Waals surface area contributed by atoms with Crippen molar-refractivity contribution >= 4 is 27.5 Å². The van der Waals surface area contributed by atoms with Crippen LogP contribution in [-0.4, -0.2) is 27.4 Å². The van der Waals surface area contributed by atoms with Crippen LogP contribution in [0.3, 0.4) is 0 Å². The predicted molar refractivity (Wildman–Crippen MR) is 99.4 cm³/mol. The van der Waals surface area contributed by atoms with E-state index in [1.54, 1.807) is 6.07 Å². The lowest BCUT2D eigenvalue weighted by Gasteiger charge is -2.09. The van der Waals surface area contributed by atoms with Crippen LogP contribution in [0.1, 0.15) is 17.5 Å². The molecule has 2 aromatic rings. The molecular formula is C18H18ClF3N2O3S. The number of nitrogens with one attached hydrogen (secondary N) is 2. The Kier molecular flexibility index (Phi) is 7.45. The zero-order chi connectivity index (χ0) is 20.8. The summed E-state index contributed by atoms with van der Waals surface area (Å²) in [5, 5.41) is 2.88. The summed E-state index contributed by atoms with van der Waals surface area (Å²) in [7, 11) is -3.76. The lowest BCUT2D eigenvalue weighted by molar-refractivity contribution is -0.137. The van der Waals surface area contributed by atoms with Gasteiger partial charge in [0.05, 0.1) is 10.5 Å². The van der Waals surface area contributed by atoms with Crippen molar-refractivity contribution in [2.45, 2.75) is 23.9 Å². The molecule has 10 heteroatoms. The topological polar surface area (TPSA) is 75.3 Å². The first-order chi connectivity index (χ1) is 13.1. The van der Waals surface area contributed by atoms with E-state index in [4.69, 9.17) is 11.6 Å². The highest BCUT2D eigenvalue weighted by Gasteiger charge is 2.29. The molecule has 0 unspecified atom stereocenters. The SMILES string of the molecule is O=C(CCNS(=O)(=O)c1cccc(Cl)c1)NCCc1ccc(C(F)(F)F)cc1. The van der Waals surface area contributed by atoms with Crippen LogP contribution in [0.2, 0.25) is 5.02 Å². The number of halogens is 4. The average molecular weight is 435 g/mol. The Morgan fingerprint density at radius 1 is 1.04 bits per heavy atom. The summed E-state index contributed by atoms with van der Waals surface area (Å²) in [5.74, 6) is -0.374. The first-order valence-corrected chi connectivity index (χ1v) is 10.1. The van der Waals surface area contributed by atoms with Gasteiger partial charge in [-0.15, -0.1) is 0 Å². The molecule has 2 rings (SSSR count). The Bertz CT molecular complexity index is 916. The first-order valence-electron chi connectivity index (χ1n) is 8.26. The van der Waals surface area contributed by atoms with E-state index in [1.165, 1.54) is 30.3 Å². The molecule has 1 amide bonds. The molecule has 0 spiro atoms. The summed E-state index contributed by atoms with van der Waals surface area (Å²) >= 11 is 5.76. The minimum absolute atomic E-state index is 0.00251. The van der Waals surface area contributed by atoms with Gasteiger partial charge in [-0.2, -0.15) is 13.2 Å². The van der Waals surface area contributed by atoms with Crippen molar-refractivity contribution < 1.29 is 26.4 Å². The molecule has 0 saturated carbocycles. The van der Waals surface area contributed by atoms with Gasteiger partial charge in [0.1, 0.15) is 0 Å². The van der Waals surface area contributed by atoms with Gasteiger partial charge in [0.15, 0.2) is 0 Å². The van der Waals surface area contributed by atoms with E-state index in [0.717, 1.165) is 12.1 Å². The molecule has 152 valence electrons. The summed E-state index contributed by atoms with van der Waals surface area (Å²) in [4.78, 5) is 11.8. The number of amides is 1. The highest BCUT2D eigenvalue weighted by atomic mass is 35.5. The maximum Gasteiger partial charge on any atom is 0.416 e. The van der Waals surface area contributed by atoms with Crippen LogP contribution in [0.5, 0.6) is 0 Å². The van der Waals surface area contributed by atoms with Crippen LogP contribution in [0.4, 0.5) is 13.2 Å². The Labute approximate surface area is 166 Å². The van der Waals surface area contributed by atoms with Crippen molar-refractivity contribution in [3.63, 3.8) is 0 Å². The largest absolute Gasteiger partial charge is 0.416 e. The predicted octanol–water partition coefficient (Wildman–Crippen LogP) is 3.39. The first kappa shape index (κ1) is 22.2. The second kappa shape index (κ2) is 9.40. The minimum atomic E-state index is -4.38. The molecule has 2 aromatic carbocycles. The van der Waals surface area contributed by atoms with Gasteiger partial charge in [-0.05, 0) is 42.3 Å². The monoisotopic (exact) mass is 434 g/mol. The van der Waals surface area contributed by atoms with Crippen molar-refractivity contribution in [3.8, 4) is 0 Å². The molecule has 0 saturated heterocycles. The number of carbonyl (C=O) groups is 1. The van der Waals surface area contributed by atoms with Crippen molar-refractivity contribution in [3.05, 3.63) is 64.7 Å². The van der Waals surface area contributed by atoms with Crippen molar-refractivity contribution in [1.82, 2.24) is 10.0 Å². The molecule has 0 aliphatic heterocycles. The van der Waals surface area contributed by atoms with Crippen LogP contribution >= 0.6 is 11.6 Å². The smallest absolute Gasteiger partial charge is 0.356 e. The van der Waals surface area contributed by atoms with Crippen LogP contribution in [0, 0.1) is 0 Å². The van der Waals surface area contributed by atoms with Crippen LogP contribution < -0.4 is 10.0 Å². The maximum absolute atomic E-state index is 12.5. The van der Waals surface area contributed by atoms with Gasteiger partial charge in [0.25, 0.3) is 0 Å². The molecule has 0 radical (unpaired) electrons. The highest BCUT2D eigenvalue weighted by molar-refractivity contribution is 7.89. The van der Waals surface area contributed by atoms with Crippen molar-refractivity contribution in [2.75, 3.05) is 13.1 Å². The van der Waals surface area contributed by atoms with E-state index >= 15 is 0 Å². The molecule has 0 heterocycles. The molecule has 2 N–H and O–H groups in total. The lowest BCUT2D eigenvalue weighted by Crippen LogP contribution is -2.31. The fourth-order valence-corrected chi connectivity index (χ4v) is 3.64. The zero-order valence-corrected chi connectivity index (χ0v) is 16.2. The van der Waals surface area contributed by atoms with E-state index < -0.39 is 21.8 Å². The summed E-state index contributed by atoms with van der Waals surface area (Å²) in [6.45, 7) is 0.131. The van der Waals surface area contributed by atoms with E-state index in [-0.39, 0.29) is 35.3 Å². The average Bonchev–Trinajstić information content (AvgIpc) is 2.61. The number of hydrogen-bond donors (Lipinski definition) is 2. The number of benzene rings is 2. The van der Waals surface area contributed by atoms with Gasteiger partial charge >= 0.3 is 6.18 Å². The van der Waals surface area contributed by atoms with Gasteiger partial charge in [0.2, 0.25) is 15.9 Å². The maximum atomic E-state index is 12.5. The van der Waals surface area contributed by atoms with E-state index in [0.29, 0.717) is 12.0 Å². The van der Waals surface area contributed by atoms with Gasteiger partial charge in [-0.3, -0.25) is 4.79 Å². The molecule has 5 nitrogen and oxygen atoms in total. The van der Waals surface area contributed by atoms with Crippen molar-refractivity contribution in [2.24, 2.45) is 0 Å². The third kappa shape index (κ3) is 6.81. The summed E-state index contributed by atoms with van der Waals surface area (Å²) in [6.07, 6.45) is -4.10. The van der Waals surface area contributed by atoms with Crippen LogP contribution in [0.25, 0.3) is 0 Å². The standard InChI is InChI=1S/C18H18ClF3N2O3S/c19-15-2-1-3-16(12-15)28(26,27)24-11-9-17(25)23-10-8-13-4-6-14(7-5-13)18(20,21)22/h1-7,12,24H,8-11H2,(H,23,25). The van der Waals surface area contributed by atoms with E-state index in [1.807, 2.05) is 0 Å². The summed E-state index contributed by atoms with van der Waals surface area (Å²) in [5.41, 5.74) is -0.0813. The number of rotatable bonds is 8. The molecule has 0 aliphatic carbocycles. The Morgan fingerprint density at radius 3 is 2.32 bits per heavy atom. The third-order valence-corrected chi connectivity index (χ3v) is 5.46. The molecule has 0 atom stereocenters. The molecule has 0 aliphatic rings. The molecular weight excluding hydrogens is 417 g/mol. The van der Waals surface area contributed by atoms with Gasteiger partial charge < -0.3 is 5.32 Å². The Hall–Kier alpha value is -2.10. The highest BCUT2D eigenvalue weighted by Crippen LogP contribution is 2.29. The molecule has 0 aromatic heterocycles. The fraction of sp³-hybridized carbons (Fsp3) is 0.278. The number of sulfonamides is 1. The van der Waals surface area contributed by atoms with Gasteiger partial charge in [-0.1, -0.05) is 29.8 Å². The second-order valence-electron chi connectivity index (χ2n) is 5.90. The number of hydrogen-bond acceptors (Lipinski definition) is 3. The van der Waals surface area contributed by atoms with Gasteiger partial charge in [-0.25, -0.2) is 13.1 Å². The fourth-order valence-electron chi connectivity index (χ4n) is 2.31. The summed E-state index contributed by atoms with van der Waals surface area (Å²) < 4.78 is 64.0. The van der Waals surface area contributed by atoms with Gasteiger partial charge in [0, 0.05) is 24.5 Å². The van der Waals surface area contributed by atoms with E-state index in [2.05, 4.69) is 10.0 Å². The second-order valence-corrected chi connectivity index (χ2v) is 8.10. The Balaban J connectivity index is 1.73. The van der Waals surface area contributed by atoms with Crippen LogP contribution in [-0.2, 0) is 27.4 Å². The zero-order valence-electron chi connectivity index (χ0n) is 14.6. The van der Waals surface area contributed by atoms with Crippen molar-refractivity contribution in [1.29, 1.82) is 0 Å². The number of alkyl halides is 3. The number of carbonyl (C=O) groups excluding carboxylic acids is 1. The Morgan fingerprint density at radius 2 is 1.71 bits per heavy atom. The third-order valence-electron chi connectivity index (χ3n) is 3.77. The lowest BCUT2D eigenvalue weighted by atomic mass is 10.1. The van der Waals surface area contributed by atoms with Crippen LogP contribution in [0.15, 0.2) is 53.4 Å².